The van der Waals surface area contributed by atoms with Crippen LogP contribution in [0.15, 0.2) is 89.8 Å². The Hall–Kier alpha value is -1.94. The molecule has 0 saturated heterocycles. The van der Waals surface area contributed by atoms with Crippen molar-refractivity contribution in [2.24, 2.45) is 5.92 Å². The summed E-state index contributed by atoms with van der Waals surface area (Å²) in [5.41, 5.74) is 3.37. The van der Waals surface area contributed by atoms with E-state index in [0.29, 0.717) is 0 Å². The molecule has 2 unspecified atom stereocenters. The Balaban J connectivity index is 1.63. The first kappa shape index (κ1) is 19.0. The maximum absolute atomic E-state index is 6.38. The molecule has 146 valence electrons. The summed E-state index contributed by atoms with van der Waals surface area (Å²) in [6.07, 6.45) is 0.823. The van der Waals surface area contributed by atoms with Gasteiger partial charge in [-0.1, -0.05) is 60.7 Å². The summed E-state index contributed by atoms with van der Waals surface area (Å²) >= 11 is 14.6. The third kappa shape index (κ3) is 3.92. The monoisotopic (exact) mass is 438 g/mol. The van der Waals surface area contributed by atoms with Crippen molar-refractivity contribution in [1.82, 2.24) is 9.55 Å². The summed E-state index contributed by atoms with van der Waals surface area (Å²) in [6, 6.07) is 29.4. The molecule has 1 aliphatic rings. The van der Waals surface area contributed by atoms with Crippen molar-refractivity contribution >= 4 is 46.0 Å². The Morgan fingerprint density at radius 3 is 2.24 bits per heavy atom. The molecule has 5 heteroatoms. The van der Waals surface area contributed by atoms with Crippen LogP contribution >= 0.6 is 35.0 Å². The maximum atomic E-state index is 6.38. The van der Waals surface area contributed by atoms with E-state index < -0.39 is 4.33 Å². The second-order valence-electron chi connectivity index (χ2n) is 7.45. The number of alkyl halides is 2. The van der Waals surface area contributed by atoms with Gasteiger partial charge in [-0.05, 0) is 36.2 Å². The predicted molar refractivity (Wildman–Crippen MR) is 123 cm³/mol. The molecule has 2 atom stereocenters. The Morgan fingerprint density at radius 2 is 1.55 bits per heavy atom. The fraction of sp³-hybridized carbons (Fsp3) is 0.208. The van der Waals surface area contributed by atoms with Gasteiger partial charge in [0.1, 0.15) is 10.2 Å². The normalized spacial score (nSPS) is 18.6. The van der Waals surface area contributed by atoms with E-state index in [1.165, 1.54) is 10.5 Å². The summed E-state index contributed by atoms with van der Waals surface area (Å²) < 4.78 is 1.71. The van der Waals surface area contributed by atoms with Gasteiger partial charge in [0.05, 0.1) is 16.3 Å². The molecule has 5 rings (SSSR count). The molecule has 1 aromatic heterocycles. The van der Waals surface area contributed by atoms with Gasteiger partial charge in [-0.3, -0.25) is 0 Å². The van der Waals surface area contributed by atoms with Crippen molar-refractivity contribution < 1.29 is 0 Å². The van der Waals surface area contributed by atoms with Gasteiger partial charge in [0.25, 0.3) is 0 Å². The van der Waals surface area contributed by atoms with Crippen LogP contribution in [0, 0.1) is 5.92 Å². The third-order valence-corrected chi connectivity index (χ3v) is 7.57. The topological polar surface area (TPSA) is 17.8 Å². The molecule has 0 aliphatic heterocycles. The number of imidazole rings is 1. The van der Waals surface area contributed by atoms with E-state index in [0.717, 1.165) is 29.8 Å². The van der Waals surface area contributed by atoms with Crippen molar-refractivity contribution in [2.75, 3.05) is 0 Å². The highest BCUT2D eigenvalue weighted by Crippen LogP contribution is 2.54. The van der Waals surface area contributed by atoms with Crippen LogP contribution in [0.4, 0.5) is 0 Å². The van der Waals surface area contributed by atoms with Gasteiger partial charge >= 0.3 is 0 Å². The van der Waals surface area contributed by atoms with Crippen molar-refractivity contribution in [3.05, 3.63) is 96.3 Å². The first-order valence-corrected chi connectivity index (χ1v) is 11.3. The highest BCUT2D eigenvalue weighted by atomic mass is 35.5. The van der Waals surface area contributed by atoms with Crippen LogP contribution in [0.3, 0.4) is 0 Å². The standard InChI is InChI=1S/C24H20Cl2N2S/c25-24(26)15-18(24)16-28-21-14-8-7-13-20(21)27-23(28)22(17-9-3-1-4-10-17)29-19-11-5-2-6-12-19/h1-14,18,22H,15-16H2. The lowest BCUT2D eigenvalue weighted by atomic mass is 10.1. The number of fused-ring (bicyclic) bond motifs is 1. The molecule has 0 spiro atoms. The zero-order chi connectivity index (χ0) is 19.8. The van der Waals surface area contributed by atoms with Gasteiger partial charge in [-0.15, -0.1) is 35.0 Å². The molecule has 0 N–H and O–H groups in total. The van der Waals surface area contributed by atoms with Crippen LogP contribution in [-0.4, -0.2) is 13.9 Å². The van der Waals surface area contributed by atoms with E-state index >= 15 is 0 Å². The lowest BCUT2D eigenvalue weighted by Crippen LogP contribution is -2.11. The minimum atomic E-state index is -0.614. The first-order valence-electron chi connectivity index (χ1n) is 9.71. The molecule has 3 aromatic carbocycles. The van der Waals surface area contributed by atoms with Gasteiger partial charge in [0, 0.05) is 17.4 Å². The van der Waals surface area contributed by atoms with Gasteiger partial charge < -0.3 is 4.57 Å². The van der Waals surface area contributed by atoms with Gasteiger partial charge in [0.15, 0.2) is 0 Å². The van der Waals surface area contributed by atoms with Crippen LogP contribution in [0.25, 0.3) is 11.0 Å². The molecule has 1 aliphatic carbocycles. The molecule has 1 saturated carbocycles. The minimum absolute atomic E-state index is 0.0739. The van der Waals surface area contributed by atoms with Crippen LogP contribution in [0.2, 0.25) is 0 Å². The third-order valence-electron chi connectivity index (χ3n) is 5.38. The number of benzene rings is 3. The van der Waals surface area contributed by atoms with Crippen molar-refractivity contribution in [3.8, 4) is 0 Å². The number of para-hydroxylation sites is 2. The molecule has 0 bridgehead atoms. The van der Waals surface area contributed by atoms with Crippen molar-refractivity contribution in [2.45, 2.75) is 27.4 Å². The second-order valence-corrected chi connectivity index (χ2v) is 10.2. The van der Waals surface area contributed by atoms with Gasteiger partial charge in [-0.2, -0.15) is 0 Å². The lowest BCUT2D eigenvalue weighted by Gasteiger charge is -2.19. The first-order chi connectivity index (χ1) is 14.1. The van der Waals surface area contributed by atoms with Gasteiger partial charge in [0.2, 0.25) is 0 Å². The molecule has 2 nitrogen and oxygen atoms in total. The average molecular weight is 439 g/mol. The van der Waals surface area contributed by atoms with Crippen LogP contribution in [0.5, 0.6) is 0 Å². The van der Waals surface area contributed by atoms with E-state index in [1.807, 2.05) is 23.9 Å². The van der Waals surface area contributed by atoms with E-state index in [2.05, 4.69) is 77.4 Å². The summed E-state index contributed by atoms with van der Waals surface area (Å²) in [7, 11) is 0. The van der Waals surface area contributed by atoms with Gasteiger partial charge in [-0.25, -0.2) is 4.98 Å². The minimum Gasteiger partial charge on any atom is -0.326 e. The zero-order valence-electron chi connectivity index (χ0n) is 15.7. The van der Waals surface area contributed by atoms with Crippen molar-refractivity contribution in [3.63, 3.8) is 0 Å². The van der Waals surface area contributed by atoms with E-state index in [-0.39, 0.29) is 11.2 Å². The Morgan fingerprint density at radius 1 is 0.931 bits per heavy atom. The SMILES string of the molecule is ClC1(Cl)CC1Cn1c(C(Sc2ccccc2)c2ccccc2)nc2ccccc21. The van der Waals surface area contributed by atoms with E-state index in [1.54, 1.807) is 0 Å². The smallest absolute Gasteiger partial charge is 0.127 e. The predicted octanol–water partition coefficient (Wildman–Crippen LogP) is 7.11. The molecule has 4 aromatic rings. The Labute approximate surface area is 184 Å². The highest BCUT2D eigenvalue weighted by molar-refractivity contribution is 7.99. The number of hydrogen-bond donors (Lipinski definition) is 0. The number of thioether (sulfide) groups is 1. The summed E-state index contributed by atoms with van der Waals surface area (Å²) in [5, 5.41) is 0.0739. The molecular formula is C24H20Cl2N2S. The zero-order valence-corrected chi connectivity index (χ0v) is 18.0. The Bertz CT molecular complexity index is 1130. The van der Waals surface area contributed by atoms with Crippen LogP contribution in [-0.2, 0) is 6.54 Å². The fourth-order valence-electron chi connectivity index (χ4n) is 3.71. The average Bonchev–Trinajstić information content (AvgIpc) is 3.19. The molecule has 1 heterocycles. The summed E-state index contributed by atoms with van der Waals surface area (Å²) in [5.74, 6) is 1.29. The molecule has 0 amide bonds. The molecular weight excluding hydrogens is 419 g/mol. The summed E-state index contributed by atoms with van der Waals surface area (Å²) in [4.78, 5) is 6.29. The lowest BCUT2D eigenvalue weighted by molar-refractivity contribution is 0.611. The Kier molecular flexibility index (Phi) is 5.07. The largest absolute Gasteiger partial charge is 0.326 e. The highest BCUT2D eigenvalue weighted by Gasteiger charge is 2.52. The number of halogens is 2. The quantitative estimate of drug-likeness (QED) is 0.235. The number of nitrogens with zero attached hydrogens (tertiary/aromatic N) is 2. The van der Waals surface area contributed by atoms with Crippen LogP contribution in [0.1, 0.15) is 23.1 Å². The summed E-state index contributed by atoms with van der Waals surface area (Å²) in [6.45, 7) is 0.779. The second kappa shape index (κ2) is 7.71. The van der Waals surface area contributed by atoms with Crippen molar-refractivity contribution in [1.29, 1.82) is 0 Å². The van der Waals surface area contributed by atoms with E-state index in [4.69, 9.17) is 28.2 Å². The number of rotatable bonds is 6. The molecule has 0 radical (unpaired) electrons. The molecule has 1 fully saturated rings. The fourth-order valence-corrected chi connectivity index (χ4v) is 5.38. The molecule has 29 heavy (non-hydrogen) atoms. The number of hydrogen-bond acceptors (Lipinski definition) is 2. The maximum Gasteiger partial charge on any atom is 0.127 e. The van der Waals surface area contributed by atoms with Crippen LogP contribution < -0.4 is 0 Å². The van der Waals surface area contributed by atoms with E-state index in [9.17, 15) is 0 Å². The number of aromatic nitrogens is 2.